The minimum absolute atomic E-state index is 0.0431. The van der Waals surface area contributed by atoms with Crippen LogP contribution < -0.4 is 0 Å². The van der Waals surface area contributed by atoms with Crippen LogP contribution in [0.25, 0.3) is 0 Å². The normalized spacial score (nSPS) is 20.0. The van der Waals surface area contributed by atoms with Crippen LogP contribution in [0.3, 0.4) is 0 Å². The number of aryl methyl sites for hydroxylation is 1. The van der Waals surface area contributed by atoms with E-state index in [1.807, 2.05) is 11.8 Å². The van der Waals surface area contributed by atoms with Gasteiger partial charge in [-0.3, -0.25) is 4.79 Å². The van der Waals surface area contributed by atoms with E-state index >= 15 is 0 Å². The van der Waals surface area contributed by atoms with Crippen molar-refractivity contribution in [1.82, 2.24) is 14.8 Å². The molecule has 0 aliphatic carbocycles. The van der Waals surface area contributed by atoms with Crippen LogP contribution in [0, 0.1) is 6.92 Å². The molecule has 5 nitrogen and oxygen atoms in total. The third kappa shape index (κ3) is 4.75. The molecule has 0 spiro atoms. The summed E-state index contributed by atoms with van der Waals surface area (Å²) >= 11 is 1.43. The van der Waals surface area contributed by atoms with Crippen LogP contribution in [0.1, 0.15) is 52.4 Å². The second-order valence-corrected chi connectivity index (χ2v) is 8.23. The highest BCUT2D eigenvalue weighted by atomic mass is 32.1. The van der Waals surface area contributed by atoms with Gasteiger partial charge in [0.2, 0.25) is 0 Å². The Morgan fingerprint density at radius 1 is 1.30 bits per heavy atom. The minimum atomic E-state index is 0.0431. The highest BCUT2D eigenvalue weighted by Crippen LogP contribution is 2.32. The molecule has 0 bridgehead atoms. The van der Waals surface area contributed by atoms with E-state index in [1.165, 1.54) is 22.5 Å². The van der Waals surface area contributed by atoms with Gasteiger partial charge in [-0.2, -0.15) is 0 Å². The molecule has 1 saturated heterocycles. The number of hydrogen-bond acceptors (Lipinski definition) is 5. The molecule has 0 saturated carbocycles. The number of nitrogens with zero attached hydrogens (tertiary/aromatic N) is 3. The number of carbonyl (C=O) groups is 1. The number of ether oxygens (including phenoxy) is 1. The average molecular weight is 388 g/mol. The van der Waals surface area contributed by atoms with Gasteiger partial charge >= 0.3 is 0 Å². The molecular formula is C21H29N3O2S. The second kappa shape index (κ2) is 8.95. The van der Waals surface area contributed by atoms with E-state index in [2.05, 4.69) is 55.2 Å². The first-order valence-corrected chi connectivity index (χ1v) is 10.4. The Morgan fingerprint density at radius 2 is 2.04 bits per heavy atom. The van der Waals surface area contributed by atoms with Crippen LogP contribution in [0.15, 0.2) is 29.8 Å². The number of amides is 1. The summed E-state index contributed by atoms with van der Waals surface area (Å²) in [6.07, 6.45) is 1.76. The summed E-state index contributed by atoms with van der Waals surface area (Å²) in [6.45, 7) is 6.27. The van der Waals surface area contributed by atoms with Crippen molar-refractivity contribution in [3.8, 4) is 0 Å². The molecule has 0 radical (unpaired) electrons. The predicted octanol–water partition coefficient (Wildman–Crippen LogP) is 3.90. The summed E-state index contributed by atoms with van der Waals surface area (Å²) in [7, 11) is 4.15. The third-order valence-electron chi connectivity index (χ3n) is 5.09. The first-order chi connectivity index (χ1) is 13.0. The molecule has 146 valence electrons. The first-order valence-electron chi connectivity index (χ1n) is 9.55. The molecule has 3 rings (SSSR count). The van der Waals surface area contributed by atoms with Gasteiger partial charge in [0, 0.05) is 25.7 Å². The van der Waals surface area contributed by atoms with Gasteiger partial charge in [-0.1, -0.05) is 24.3 Å². The predicted molar refractivity (Wildman–Crippen MR) is 109 cm³/mol. The van der Waals surface area contributed by atoms with Gasteiger partial charge in [0.15, 0.2) is 0 Å². The van der Waals surface area contributed by atoms with Crippen LogP contribution in [0.2, 0.25) is 0 Å². The maximum atomic E-state index is 13.0. The van der Waals surface area contributed by atoms with E-state index in [0.717, 1.165) is 30.0 Å². The molecule has 27 heavy (non-hydrogen) atoms. The Labute approximate surface area is 166 Å². The Morgan fingerprint density at radius 3 is 2.63 bits per heavy atom. The van der Waals surface area contributed by atoms with Crippen molar-refractivity contribution in [1.29, 1.82) is 0 Å². The lowest BCUT2D eigenvalue weighted by Gasteiger charge is -2.37. The molecule has 1 amide bonds. The van der Waals surface area contributed by atoms with Gasteiger partial charge < -0.3 is 14.5 Å². The minimum Gasteiger partial charge on any atom is -0.373 e. The summed E-state index contributed by atoms with van der Waals surface area (Å²) in [5.74, 6) is 0.101. The fraction of sp³-hybridized carbons (Fsp3) is 0.524. The fourth-order valence-electron chi connectivity index (χ4n) is 3.70. The zero-order valence-electron chi connectivity index (χ0n) is 16.6. The molecule has 2 atom stereocenters. The molecule has 1 aliphatic heterocycles. The maximum absolute atomic E-state index is 13.0. The van der Waals surface area contributed by atoms with Crippen LogP contribution in [0.4, 0.5) is 0 Å². The Kier molecular flexibility index (Phi) is 6.63. The fourth-order valence-corrected chi connectivity index (χ4v) is 4.46. The van der Waals surface area contributed by atoms with Crippen LogP contribution in [0.5, 0.6) is 0 Å². The van der Waals surface area contributed by atoms with Crippen molar-refractivity contribution in [2.45, 2.75) is 45.4 Å². The molecule has 0 unspecified atom stereocenters. The van der Waals surface area contributed by atoms with Gasteiger partial charge in [0.25, 0.3) is 5.91 Å². The Balaban J connectivity index is 1.71. The lowest BCUT2D eigenvalue weighted by molar-refractivity contribution is -0.0230. The van der Waals surface area contributed by atoms with Gasteiger partial charge in [0.05, 0.1) is 17.3 Å². The average Bonchev–Trinajstić information content (AvgIpc) is 3.08. The molecule has 2 aromatic rings. The first kappa shape index (κ1) is 20.0. The number of rotatable bonds is 6. The molecule has 0 N–H and O–H groups in total. The zero-order valence-corrected chi connectivity index (χ0v) is 17.5. The van der Waals surface area contributed by atoms with Crippen LogP contribution in [-0.4, -0.2) is 54.0 Å². The lowest BCUT2D eigenvalue weighted by atomic mass is 9.95. The third-order valence-corrected chi connectivity index (χ3v) is 6.01. The van der Waals surface area contributed by atoms with E-state index in [1.54, 1.807) is 5.51 Å². The molecule has 1 aromatic heterocycles. The SMILES string of the molecule is CCN(C(=O)c1scnc1C)[C@H]1CCO[C@@H](c2ccc(CN(C)C)cc2)C1. The summed E-state index contributed by atoms with van der Waals surface area (Å²) in [5.41, 5.74) is 5.06. The van der Waals surface area contributed by atoms with E-state index in [-0.39, 0.29) is 18.1 Å². The van der Waals surface area contributed by atoms with E-state index < -0.39 is 0 Å². The van der Waals surface area contributed by atoms with Crippen molar-refractivity contribution >= 4 is 17.2 Å². The summed E-state index contributed by atoms with van der Waals surface area (Å²) < 4.78 is 6.05. The quantitative estimate of drug-likeness (QED) is 0.754. The van der Waals surface area contributed by atoms with Gasteiger partial charge in [-0.25, -0.2) is 4.98 Å². The number of thiazole rings is 1. The van der Waals surface area contributed by atoms with Gasteiger partial charge in [-0.05, 0) is 51.9 Å². The number of benzene rings is 1. The molecule has 1 fully saturated rings. The summed E-state index contributed by atoms with van der Waals surface area (Å²) in [6, 6.07) is 8.87. The molecule has 1 aliphatic rings. The second-order valence-electron chi connectivity index (χ2n) is 7.38. The van der Waals surface area contributed by atoms with E-state index in [0.29, 0.717) is 13.2 Å². The van der Waals surface area contributed by atoms with Crippen molar-refractivity contribution in [2.75, 3.05) is 27.2 Å². The largest absolute Gasteiger partial charge is 0.373 e. The zero-order chi connectivity index (χ0) is 19.4. The highest BCUT2D eigenvalue weighted by molar-refractivity contribution is 7.11. The number of carbonyl (C=O) groups excluding carboxylic acids is 1. The Hall–Kier alpha value is -1.76. The van der Waals surface area contributed by atoms with Crippen LogP contribution >= 0.6 is 11.3 Å². The molecule has 1 aromatic carbocycles. The molecular weight excluding hydrogens is 358 g/mol. The molecule has 2 heterocycles. The van der Waals surface area contributed by atoms with Crippen molar-refractivity contribution in [2.24, 2.45) is 0 Å². The summed E-state index contributed by atoms with van der Waals surface area (Å²) in [4.78, 5) is 22.1. The molecule has 6 heteroatoms. The van der Waals surface area contributed by atoms with Gasteiger partial charge in [0.1, 0.15) is 4.88 Å². The van der Waals surface area contributed by atoms with Gasteiger partial charge in [-0.15, -0.1) is 11.3 Å². The maximum Gasteiger partial charge on any atom is 0.266 e. The number of hydrogen-bond donors (Lipinski definition) is 0. The topological polar surface area (TPSA) is 45.7 Å². The standard InChI is InChI=1S/C21H29N3O2S/c1-5-24(21(25)20-15(2)22-14-27-20)18-10-11-26-19(12-18)17-8-6-16(7-9-17)13-23(3)4/h6-9,14,18-19H,5,10-13H2,1-4H3/t18-,19+/m0/s1. The van der Waals surface area contributed by atoms with Crippen molar-refractivity contribution < 1.29 is 9.53 Å². The van der Waals surface area contributed by atoms with Crippen LogP contribution in [-0.2, 0) is 11.3 Å². The smallest absolute Gasteiger partial charge is 0.266 e. The van der Waals surface area contributed by atoms with E-state index in [4.69, 9.17) is 4.74 Å². The summed E-state index contributed by atoms with van der Waals surface area (Å²) in [5, 5.41) is 0. The number of aromatic nitrogens is 1. The van der Waals surface area contributed by atoms with Crippen molar-refractivity contribution in [3.63, 3.8) is 0 Å². The lowest BCUT2D eigenvalue weighted by Crippen LogP contribution is -2.43. The Bertz CT molecular complexity index is 757. The van der Waals surface area contributed by atoms with E-state index in [9.17, 15) is 4.79 Å². The van der Waals surface area contributed by atoms with Crippen molar-refractivity contribution in [3.05, 3.63) is 51.5 Å². The highest BCUT2D eigenvalue weighted by Gasteiger charge is 2.31. The monoisotopic (exact) mass is 387 g/mol.